The van der Waals surface area contributed by atoms with Crippen LogP contribution in [0.4, 0.5) is 0 Å². The average Bonchev–Trinajstić information content (AvgIpc) is 3.44. The number of rotatable bonds is 6. The molecule has 1 fully saturated rings. The van der Waals surface area contributed by atoms with E-state index in [1.807, 2.05) is 48.5 Å². The van der Waals surface area contributed by atoms with Gasteiger partial charge in [0.2, 0.25) is 11.8 Å². The number of hydrogen-bond acceptors (Lipinski definition) is 8. The molecule has 2 aromatic heterocycles. The van der Waals surface area contributed by atoms with Gasteiger partial charge in [0, 0.05) is 26.2 Å². The molecule has 0 spiro atoms. The highest BCUT2D eigenvalue weighted by molar-refractivity contribution is 8.00. The summed E-state index contributed by atoms with van der Waals surface area (Å²) in [4.78, 5) is 37.5. The summed E-state index contributed by atoms with van der Waals surface area (Å²) < 4.78 is 11.3. The molecule has 2 aromatic carbocycles. The molecule has 0 saturated carbocycles. The predicted molar refractivity (Wildman–Crippen MR) is 123 cm³/mol. The van der Waals surface area contributed by atoms with Crippen LogP contribution < -0.4 is 0 Å². The standard InChI is InChI=1S/C22H20N4O4S2/c27-19(13-31-21-23-15-5-1-3-7-17(15)29-21)25-9-11-26(12-10-25)20(28)14-32-22-24-16-6-2-4-8-18(16)30-22/h1-8H,9-14H2. The summed E-state index contributed by atoms with van der Waals surface area (Å²) in [5, 5.41) is 0.981. The van der Waals surface area contributed by atoms with Gasteiger partial charge in [-0.05, 0) is 24.3 Å². The number of fused-ring (bicyclic) bond motifs is 2. The molecule has 0 atom stereocenters. The highest BCUT2D eigenvalue weighted by Crippen LogP contribution is 2.25. The van der Waals surface area contributed by atoms with Crippen molar-refractivity contribution >= 4 is 57.5 Å². The highest BCUT2D eigenvalue weighted by atomic mass is 32.2. The number of thioether (sulfide) groups is 2. The lowest BCUT2D eigenvalue weighted by molar-refractivity contribution is -0.136. The molecule has 10 heteroatoms. The SMILES string of the molecule is O=C(CSc1nc2ccccc2o1)N1CCN(C(=O)CSc2nc3ccccc3o2)CC1. The topological polar surface area (TPSA) is 92.7 Å². The summed E-state index contributed by atoms with van der Waals surface area (Å²) in [5.41, 5.74) is 2.99. The number of amides is 2. The molecular formula is C22H20N4O4S2. The first-order chi connectivity index (χ1) is 15.7. The van der Waals surface area contributed by atoms with Crippen LogP contribution in [0.3, 0.4) is 0 Å². The van der Waals surface area contributed by atoms with E-state index in [1.165, 1.54) is 23.5 Å². The first-order valence-electron chi connectivity index (χ1n) is 10.2. The zero-order chi connectivity index (χ0) is 21.9. The second-order valence-corrected chi connectivity index (χ2v) is 9.09. The molecule has 1 aliphatic heterocycles. The summed E-state index contributed by atoms with van der Waals surface area (Å²) in [6.45, 7) is 2.08. The normalized spacial score (nSPS) is 14.4. The van der Waals surface area contributed by atoms with Gasteiger partial charge in [0.05, 0.1) is 11.5 Å². The summed E-state index contributed by atoms with van der Waals surface area (Å²) in [6.07, 6.45) is 0. The third kappa shape index (κ3) is 4.61. The van der Waals surface area contributed by atoms with Crippen molar-refractivity contribution in [1.82, 2.24) is 19.8 Å². The molecule has 0 aliphatic carbocycles. The van der Waals surface area contributed by atoms with Gasteiger partial charge in [-0.3, -0.25) is 9.59 Å². The smallest absolute Gasteiger partial charge is 0.257 e. The van der Waals surface area contributed by atoms with Crippen LogP contribution in [0.2, 0.25) is 0 Å². The molecule has 0 radical (unpaired) electrons. The third-order valence-electron chi connectivity index (χ3n) is 5.17. The molecule has 5 rings (SSSR count). The van der Waals surface area contributed by atoms with E-state index >= 15 is 0 Å². The zero-order valence-corrected chi connectivity index (χ0v) is 18.7. The Morgan fingerprint density at radius 1 is 0.719 bits per heavy atom. The Morgan fingerprint density at radius 2 is 1.12 bits per heavy atom. The van der Waals surface area contributed by atoms with Gasteiger partial charge in [0.15, 0.2) is 11.2 Å². The monoisotopic (exact) mass is 468 g/mol. The van der Waals surface area contributed by atoms with E-state index in [1.54, 1.807) is 9.80 Å². The van der Waals surface area contributed by atoms with Gasteiger partial charge in [-0.2, -0.15) is 0 Å². The van der Waals surface area contributed by atoms with E-state index in [2.05, 4.69) is 9.97 Å². The lowest BCUT2D eigenvalue weighted by Gasteiger charge is -2.34. The summed E-state index contributed by atoms with van der Waals surface area (Å²) >= 11 is 2.58. The van der Waals surface area contributed by atoms with E-state index < -0.39 is 0 Å². The lowest BCUT2D eigenvalue weighted by atomic mass is 10.3. The third-order valence-corrected chi connectivity index (χ3v) is 6.80. The first kappa shape index (κ1) is 20.9. The van der Waals surface area contributed by atoms with Crippen molar-refractivity contribution in [2.75, 3.05) is 37.7 Å². The molecule has 164 valence electrons. The number of hydrogen-bond donors (Lipinski definition) is 0. The Kier molecular flexibility index (Phi) is 6.04. The molecule has 0 bridgehead atoms. The first-order valence-corrected chi connectivity index (χ1v) is 12.1. The summed E-state index contributed by atoms with van der Waals surface area (Å²) in [6, 6.07) is 15.0. The van der Waals surface area contributed by atoms with Crippen LogP contribution in [0.1, 0.15) is 0 Å². The fourth-order valence-electron chi connectivity index (χ4n) is 3.46. The van der Waals surface area contributed by atoms with Crippen LogP contribution in [0.5, 0.6) is 0 Å². The summed E-state index contributed by atoms with van der Waals surface area (Å²) in [7, 11) is 0. The second-order valence-electron chi connectivity index (χ2n) is 7.23. The molecule has 2 amide bonds. The van der Waals surface area contributed by atoms with Crippen LogP contribution in [0.15, 0.2) is 67.8 Å². The molecule has 1 aliphatic rings. The zero-order valence-electron chi connectivity index (χ0n) is 17.1. The number of para-hydroxylation sites is 4. The van der Waals surface area contributed by atoms with Crippen LogP contribution in [-0.4, -0.2) is 69.3 Å². The van der Waals surface area contributed by atoms with Crippen LogP contribution in [-0.2, 0) is 9.59 Å². The molecule has 3 heterocycles. The van der Waals surface area contributed by atoms with Crippen molar-refractivity contribution in [2.24, 2.45) is 0 Å². The molecule has 4 aromatic rings. The lowest BCUT2D eigenvalue weighted by Crippen LogP contribution is -2.51. The van der Waals surface area contributed by atoms with Gasteiger partial charge in [-0.25, -0.2) is 9.97 Å². The fourth-order valence-corrected chi connectivity index (χ4v) is 4.94. The summed E-state index contributed by atoms with van der Waals surface area (Å²) in [5.74, 6) is 0.554. The van der Waals surface area contributed by atoms with Gasteiger partial charge in [-0.15, -0.1) is 0 Å². The minimum Gasteiger partial charge on any atom is -0.431 e. The number of aromatic nitrogens is 2. The van der Waals surface area contributed by atoms with Crippen molar-refractivity contribution in [3.8, 4) is 0 Å². The van der Waals surface area contributed by atoms with Gasteiger partial charge >= 0.3 is 0 Å². The van der Waals surface area contributed by atoms with Gasteiger partial charge in [-0.1, -0.05) is 47.8 Å². The van der Waals surface area contributed by atoms with Gasteiger partial charge < -0.3 is 18.6 Å². The molecule has 0 N–H and O–H groups in total. The van der Waals surface area contributed by atoms with Gasteiger partial charge in [0.25, 0.3) is 10.4 Å². The number of carbonyl (C=O) groups is 2. The minimum atomic E-state index is 0.0187. The van der Waals surface area contributed by atoms with Crippen molar-refractivity contribution < 1.29 is 18.4 Å². The van der Waals surface area contributed by atoms with E-state index in [4.69, 9.17) is 8.83 Å². The second kappa shape index (κ2) is 9.25. The molecular weight excluding hydrogens is 448 g/mol. The van der Waals surface area contributed by atoms with Gasteiger partial charge in [0.1, 0.15) is 11.0 Å². The van der Waals surface area contributed by atoms with Crippen molar-refractivity contribution in [2.45, 2.75) is 10.4 Å². The maximum absolute atomic E-state index is 12.6. The maximum Gasteiger partial charge on any atom is 0.257 e. The Labute approximate surface area is 192 Å². The Balaban J connectivity index is 1.07. The van der Waals surface area contributed by atoms with Crippen LogP contribution in [0.25, 0.3) is 22.2 Å². The number of benzene rings is 2. The minimum absolute atomic E-state index is 0.0187. The number of piperazine rings is 1. The van der Waals surface area contributed by atoms with Crippen molar-refractivity contribution in [1.29, 1.82) is 0 Å². The Morgan fingerprint density at radius 3 is 1.53 bits per heavy atom. The van der Waals surface area contributed by atoms with Crippen LogP contribution >= 0.6 is 23.5 Å². The predicted octanol–water partition coefficient (Wildman–Crippen LogP) is 3.52. The van der Waals surface area contributed by atoms with E-state index in [0.717, 1.165) is 11.0 Å². The van der Waals surface area contributed by atoms with E-state index in [9.17, 15) is 9.59 Å². The van der Waals surface area contributed by atoms with Crippen LogP contribution in [0, 0.1) is 0 Å². The number of oxazole rings is 2. The molecule has 1 saturated heterocycles. The molecule has 8 nitrogen and oxygen atoms in total. The van der Waals surface area contributed by atoms with E-state index in [-0.39, 0.29) is 23.3 Å². The quantitative estimate of drug-likeness (QED) is 0.397. The Hall–Kier alpha value is -2.98. The fraction of sp³-hybridized carbons (Fsp3) is 0.273. The largest absolute Gasteiger partial charge is 0.431 e. The number of carbonyl (C=O) groups excluding carboxylic acids is 2. The molecule has 32 heavy (non-hydrogen) atoms. The maximum atomic E-state index is 12.6. The molecule has 0 unspecified atom stereocenters. The highest BCUT2D eigenvalue weighted by Gasteiger charge is 2.25. The van der Waals surface area contributed by atoms with Crippen molar-refractivity contribution in [3.05, 3.63) is 48.5 Å². The number of nitrogens with zero attached hydrogens (tertiary/aromatic N) is 4. The van der Waals surface area contributed by atoms with Crippen molar-refractivity contribution in [3.63, 3.8) is 0 Å². The Bertz CT molecular complexity index is 1100. The van der Waals surface area contributed by atoms with E-state index in [0.29, 0.717) is 47.8 Å². The average molecular weight is 469 g/mol.